The summed E-state index contributed by atoms with van der Waals surface area (Å²) >= 11 is 7.95. The predicted molar refractivity (Wildman–Crippen MR) is 79.9 cm³/mol. The molecule has 0 aliphatic carbocycles. The van der Waals surface area contributed by atoms with E-state index < -0.39 is 0 Å². The molecule has 0 radical (unpaired) electrons. The van der Waals surface area contributed by atoms with Gasteiger partial charge in [0.05, 0.1) is 5.56 Å². The van der Waals surface area contributed by atoms with E-state index in [0.29, 0.717) is 17.2 Å². The van der Waals surface area contributed by atoms with Crippen molar-refractivity contribution in [2.45, 2.75) is 5.88 Å². The molecule has 0 fully saturated rings. The highest BCUT2D eigenvalue weighted by Gasteiger charge is 2.06. The van der Waals surface area contributed by atoms with Gasteiger partial charge >= 0.3 is 0 Å². The summed E-state index contributed by atoms with van der Waals surface area (Å²) in [6, 6.07) is 15.2. The Morgan fingerprint density at radius 2 is 2.06 bits per heavy atom. The molecule has 0 heterocycles. The van der Waals surface area contributed by atoms with Crippen molar-refractivity contribution in [1.29, 1.82) is 5.26 Å². The van der Waals surface area contributed by atoms with Crippen molar-refractivity contribution in [3.05, 3.63) is 57.2 Å². The molecule has 90 valence electrons. The van der Waals surface area contributed by atoms with E-state index in [2.05, 4.69) is 28.7 Å². The lowest BCUT2D eigenvalue weighted by molar-refractivity contribution is 0.480. The molecule has 0 bridgehead atoms. The highest BCUT2D eigenvalue weighted by atomic mass is 127. The van der Waals surface area contributed by atoms with Crippen LogP contribution in [-0.4, -0.2) is 0 Å². The van der Waals surface area contributed by atoms with Crippen LogP contribution in [0.15, 0.2) is 42.5 Å². The van der Waals surface area contributed by atoms with E-state index in [9.17, 15) is 0 Å². The van der Waals surface area contributed by atoms with Crippen LogP contribution >= 0.6 is 34.2 Å². The van der Waals surface area contributed by atoms with E-state index in [0.717, 1.165) is 14.9 Å². The maximum Gasteiger partial charge on any atom is 0.145 e. The van der Waals surface area contributed by atoms with E-state index >= 15 is 0 Å². The van der Waals surface area contributed by atoms with E-state index in [4.69, 9.17) is 21.6 Å². The standard InChI is InChI=1S/C14H9ClINO/c15-8-10-4-5-14(11(6-10)9-17)18-13-3-1-2-12(16)7-13/h1-7H,8H2. The molecular weight excluding hydrogens is 361 g/mol. The van der Waals surface area contributed by atoms with Crippen molar-refractivity contribution < 1.29 is 4.74 Å². The maximum atomic E-state index is 9.10. The Balaban J connectivity index is 2.32. The van der Waals surface area contributed by atoms with Crippen LogP contribution < -0.4 is 4.74 Å². The van der Waals surface area contributed by atoms with Gasteiger partial charge in [-0.2, -0.15) is 5.26 Å². The molecule has 0 N–H and O–H groups in total. The van der Waals surface area contributed by atoms with Gasteiger partial charge in [0.25, 0.3) is 0 Å². The zero-order chi connectivity index (χ0) is 13.0. The lowest BCUT2D eigenvalue weighted by Gasteiger charge is -2.08. The maximum absolute atomic E-state index is 9.10. The fourth-order valence-corrected chi connectivity index (χ4v) is 2.17. The number of benzene rings is 2. The minimum absolute atomic E-state index is 0.387. The minimum Gasteiger partial charge on any atom is -0.456 e. The SMILES string of the molecule is N#Cc1cc(CCl)ccc1Oc1cccc(I)c1. The fraction of sp³-hybridized carbons (Fsp3) is 0.0714. The summed E-state index contributed by atoms with van der Waals surface area (Å²) in [6.45, 7) is 0. The van der Waals surface area contributed by atoms with E-state index in [1.165, 1.54) is 0 Å². The first kappa shape index (κ1) is 13.2. The summed E-state index contributed by atoms with van der Waals surface area (Å²) in [4.78, 5) is 0. The molecule has 0 aliphatic heterocycles. The molecule has 0 aliphatic rings. The third-order valence-corrected chi connectivity index (χ3v) is 3.32. The highest BCUT2D eigenvalue weighted by molar-refractivity contribution is 14.1. The van der Waals surface area contributed by atoms with Crippen molar-refractivity contribution in [1.82, 2.24) is 0 Å². The second-order valence-electron chi connectivity index (χ2n) is 3.64. The molecule has 2 aromatic carbocycles. The predicted octanol–water partition coefficient (Wildman–Crippen LogP) is 4.69. The molecule has 18 heavy (non-hydrogen) atoms. The van der Waals surface area contributed by atoms with E-state index in [-0.39, 0.29) is 0 Å². The van der Waals surface area contributed by atoms with Crippen molar-refractivity contribution in [2.75, 3.05) is 0 Å². The second-order valence-corrected chi connectivity index (χ2v) is 5.15. The molecule has 2 aromatic rings. The first-order valence-electron chi connectivity index (χ1n) is 5.25. The Kier molecular flexibility index (Phi) is 4.45. The quantitative estimate of drug-likeness (QED) is 0.581. The lowest BCUT2D eigenvalue weighted by atomic mass is 10.1. The Labute approximate surface area is 124 Å². The van der Waals surface area contributed by atoms with E-state index in [1.807, 2.05) is 30.3 Å². The Bertz CT molecular complexity index is 607. The largest absolute Gasteiger partial charge is 0.456 e. The molecule has 0 amide bonds. The Morgan fingerprint density at radius 3 is 2.72 bits per heavy atom. The molecule has 2 rings (SSSR count). The molecular formula is C14H9ClINO. The smallest absolute Gasteiger partial charge is 0.145 e. The lowest BCUT2D eigenvalue weighted by Crippen LogP contribution is -1.90. The third-order valence-electron chi connectivity index (χ3n) is 2.34. The third kappa shape index (κ3) is 3.15. The van der Waals surface area contributed by atoms with Gasteiger partial charge in [0.15, 0.2) is 0 Å². The van der Waals surface area contributed by atoms with Gasteiger partial charge in [-0.25, -0.2) is 0 Å². The van der Waals surface area contributed by atoms with Gasteiger partial charge < -0.3 is 4.74 Å². The summed E-state index contributed by atoms with van der Waals surface area (Å²) in [5.41, 5.74) is 1.40. The average molecular weight is 370 g/mol. The zero-order valence-electron chi connectivity index (χ0n) is 9.36. The minimum atomic E-state index is 0.387. The van der Waals surface area contributed by atoms with Crippen LogP contribution in [-0.2, 0) is 5.88 Å². The number of halogens is 2. The van der Waals surface area contributed by atoms with Crippen LogP contribution in [0.1, 0.15) is 11.1 Å². The zero-order valence-corrected chi connectivity index (χ0v) is 12.3. The Morgan fingerprint density at radius 1 is 1.22 bits per heavy atom. The molecule has 2 nitrogen and oxygen atoms in total. The van der Waals surface area contributed by atoms with Crippen LogP contribution in [0.2, 0.25) is 0 Å². The van der Waals surface area contributed by atoms with Crippen LogP contribution in [0.4, 0.5) is 0 Å². The summed E-state index contributed by atoms with van der Waals surface area (Å²) in [5.74, 6) is 1.66. The first-order valence-corrected chi connectivity index (χ1v) is 6.86. The molecule has 0 atom stereocenters. The molecule has 0 unspecified atom stereocenters. The van der Waals surface area contributed by atoms with Crippen molar-refractivity contribution in [2.24, 2.45) is 0 Å². The van der Waals surface area contributed by atoms with Crippen LogP contribution in [0.25, 0.3) is 0 Å². The van der Waals surface area contributed by atoms with E-state index in [1.54, 1.807) is 12.1 Å². The number of hydrogen-bond acceptors (Lipinski definition) is 2. The summed E-state index contributed by atoms with van der Waals surface area (Å²) in [5, 5.41) is 9.10. The average Bonchev–Trinajstić information content (AvgIpc) is 2.39. The van der Waals surface area contributed by atoms with Gasteiger partial charge in [-0.3, -0.25) is 0 Å². The first-order chi connectivity index (χ1) is 8.72. The normalized spacial score (nSPS) is 9.83. The summed E-state index contributed by atoms with van der Waals surface area (Å²) in [6.07, 6.45) is 0. The molecule has 0 saturated heterocycles. The second kappa shape index (κ2) is 6.07. The monoisotopic (exact) mass is 369 g/mol. The summed E-state index contributed by atoms with van der Waals surface area (Å²) < 4.78 is 6.79. The number of hydrogen-bond donors (Lipinski definition) is 0. The number of alkyl halides is 1. The number of nitriles is 1. The van der Waals surface area contributed by atoms with Gasteiger partial charge in [0, 0.05) is 9.45 Å². The van der Waals surface area contributed by atoms with Crippen LogP contribution in [0.5, 0.6) is 11.5 Å². The number of rotatable bonds is 3. The van der Waals surface area contributed by atoms with Crippen LogP contribution in [0.3, 0.4) is 0 Å². The van der Waals surface area contributed by atoms with Gasteiger partial charge in [-0.1, -0.05) is 12.1 Å². The molecule has 0 aromatic heterocycles. The Hall–Kier alpha value is -1.25. The van der Waals surface area contributed by atoms with Crippen molar-refractivity contribution in [3.8, 4) is 17.6 Å². The highest BCUT2D eigenvalue weighted by Crippen LogP contribution is 2.27. The summed E-state index contributed by atoms with van der Waals surface area (Å²) in [7, 11) is 0. The number of nitrogens with zero attached hydrogens (tertiary/aromatic N) is 1. The van der Waals surface area contributed by atoms with Crippen molar-refractivity contribution >= 4 is 34.2 Å². The molecule has 0 saturated carbocycles. The van der Waals surface area contributed by atoms with Gasteiger partial charge in [-0.15, -0.1) is 11.6 Å². The topological polar surface area (TPSA) is 33.0 Å². The fourth-order valence-electron chi connectivity index (χ4n) is 1.49. The van der Waals surface area contributed by atoms with Crippen molar-refractivity contribution in [3.63, 3.8) is 0 Å². The number of ether oxygens (including phenoxy) is 1. The van der Waals surface area contributed by atoms with Gasteiger partial charge in [0.2, 0.25) is 0 Å². The van der Waals surface area contributed by atoms with Gasteiger partial charge in [0.1, 0.15) is 17.6 Å². The van der Waals surface area contributed by atoms with Gasteiger partial charge in [-0.05, 0) is 58.5 Å². The molecule has 0 spiro atoms. The van der Waals surface area contributed by atoms with Crippen LogP contribution in [0, 0.1) is 14.9 Å². The molecule has 4 heteroatoms.